The van der Waals surface area contributed by atoms with Crippen LogP contribution in [-0.2, 0) is 4.74 Å². The number of hydrogen-bond donors (Lipinski definition) is 2. The second-order valence-corrected chi connectivity index (χ2v) is 7.00. The summed E-state index contributed by atoms with van der Waals surface area (Å²) >= 11 is 3.07. The van der Waals surface area contributed by atoms with E-state index in [9.17, 15) is 0 Å². The molecule has 1 aliphatic rings. The highest BCUT2D eigenvalue weighted by Gasteiger charge is 2.30. The zero-order chi connectivity index (χ0) is 17.5. The summed E-state index contributed by atoms with van der Waals surface area (Å²) in [5, 5.41) is 7.56. The molecule has 2 atom stereocenters. The molecule has 0 bridgehead atoms. The Balaban J connectivity index is 2.71. The minimum atomic E-state index is -0.591. The fourth-order valence-electron chi connectivity index (χ4n) is 2.29. The first-order chi connectivity index (χ1) is 10.8. The van der Waals surface area contributed by atoms with Gasteiger partial charge in [-0.1, -0.05) is 19.1 Å². The lowest BCUT2D eigenvalue weighted by molar-refractivity contribution is -0.0465. The van der Waals surface area contributed by atoms with Gasteiger partial charge in [-0.05, 0) is 43.2 Å². The average Bonchev–Trinajstić information content (AvgIpc) is 2.51. The largest absolute Gasteiger partial charge is 0.382 e. The topological polar surface area (TPSA) is 77.9 Å². The minimum Gasteiger partial charge on any atom is -0.382 e. The summed E-state index contributed by atoms with van der Waals surface area (Å²) in [4.78, 5) is 9.13. The van der Waals surface area contributed by atoms with Crippen LogP contribution in [0.25, 0.3) is 0 Å². The maximum absolute atomic E-state index is 7.56. The zero-order valence-corrected chi connectivity index (χ0v) is 16.3. The number of halogens is 1. The molecule has 1 unspecified atom stereocenters. The first-order valence-electron chi connectivity index (χ1n) is 8.08. The molecule has 0 spiro atoms. The predicted octanol–water partition coefficient (Wildman–Crippen LogP) is 2.05. The first-order valence-corrected chi connectivity index (χ1v) is 8.87. The lowest BCUT2D eigenvalue weighted by Crippen LogP contribution is -2.47. The molecule has 132 valence electrons. The van der Waals surface area contributed by atoms with Crippen LogP contribution in [0.4, 0.5) is 0 Å². The average molecular weight is 388 g/mol. The van der Waals surface area contributed by atoms with E-state index >= 15 is 0 Å². The van der Waals surface area contributed by atoms with Gasteiger partial charge in [0, 0.05) is 26.2 Å². The molecular weight excluding hydrogens is 358 g/mol. The number of nitrogens with two attached hydrogens (primary N) is 1. The van der Waals surface area contributed by atoms with E-state index in [0.29, 0.717) is 6.73 Å². The van der Waals surface area contributed by atoms with Crippen molar-refractivity contribution in [2.45, 2.75) is 38.8 Å². The third-order valence-corrected chi connectivity index (χ3v) is 4.61. The predicted molar refractivity (Wildman–Crippen MR) is 101 cm³/mol. The van der Waals surface area contributed by atoms with Crippen molar-refractivity contribution < 1.29 is 4.74 Å². The summed E-state index contributed by atoms with van der Waals surface area (Å²) in [6.07, 6.45) is 4.85. The molecule has 1 saturated heterocycles. The van der Waals surface area contributed by atoms with Gasteiger partial charge in [-0.25, -0.2) is 0 Å². The summed E-state index contributed by atoms with van der Waals surface area (Å²) < 4.78 is 6.16. The van der Waals surface area contributed by atoms with Crippen molar-refractivity contribution in [3.05, 3.63) is 12.2 Å². The summed E-state index contributed by atoms with van der Waals surface area (Å²) in [5.41, 5.74) is 5.25. The van der Waals surface area contributed by atoms with Crippen molar-refractivity contribution in [2.24, 2.45) is 10.7 Å². The number of piperazine rings is 1. The Labute approximate surface area is 148 Å². The number of amidine groups is 1. The Morgan fingerprint density at radius 1 is 1.43 bits per heavy atom. The molecule has 0 amide bonds. The summed E-state index contributed by atoms with van der Waals surface area (Å²) in [6, 6.07) is 0. The molecular formula is C16H30BrN5O. The molecule has 0 aromatic carbocycles. The molecule has 1 fully saturated rings. The lowest BCUT2D eigenvalue weighted by atomic mass is 9.95. The Kier molecular flexibility index (Phi) is 8.39. The molecule has 0 aliphatic carbocycles. The highest BCUT2D eigenvalue weighted by molar-refractivity contribution is 9.19. The van der Waals surface area contributed by atoms with Crippen molar-refractivity contribution in [1.82, 2.24) is 9.80 Å². The number of rotatable bonds is 8. The van der Waals surface area contributed by atoms with E-state index in [4.69, 9.17) is 15.9 Å². The number of ether oxygens (including phenoxy) is 1. The Morgan fingerprint density at radius 2 is 2.04 bits per heavy atom. The van der Waals surface area contributed by atoms with Crippen molar-refractivity contribution in [3.8, 4) is 0 Å². The number of nitrogens with zero attached hydrogens (tertiary/aromatic N) is 3. The van der Waals surface area contributed by atoms with Crippen LogP contribution in [0.2, 0.25) is 0 Å². The second-order valence-electron chi connectivity index (χ2n) is 6.21. The maximum atomic E-state index is 7.56. The normalized spacial score (nSPS) is 22.2. The van der Waals surface area contributed by atoms with E-state index < -0.39 is 5.54 Å². The van der Waals surface area contributed by atoms with E-state index in [1.807, 2.05) is 19.9 Å². The van der Waals surface area contributed by atoms with Gasteiger partial charge in [0.15, 0.2) is 5.84 Å². The van der Waals surface area contributed by atoms with Gasteiger partial charge in [0.05, 0.1) is 12.8 Å². The standard InChI is InChI=1S/C16H30BrN5O/c1-5-6-7-16(3,20-15(19)14(17)18)13(2)23-12-22-10-8-21(4)9-11-22/h6-7,13,18H,5,8-12H2,1-4H3,(H2,19,20)/b7-6-,18-14?/t13?,16-/m1/s1. The van der Waals surface area contributed by atoms with Gasteiger partial charge in [-0.15, -0.1) is 0 Å². The fraction of sp³-hybridized carbons (Fsp3) is 0.750. The molecule has 23 heavy (non-hydrogen) atoms. The van der Waals surface area contributed by atoms with E-state index in [-0.39, 0.29) is 16.6 Å². The smallest absolute Gasteiger partial charge is 0.152 e. The first kappa shape index (κ1) is 20.3. The Morgan fingerprint density at radius 3 is 2.57 bits per heavy atom. The molecule has 0 radical (unpaired) electrons. The number of likely N-dealkylation sites (N-methyl/N-ethyl adjacent to an activating group) is 1. The second kappa shape index (κ2) is 9.52. The number of allylic oxidation sites excluding steroid dienone is 1. The summed E-state index contributed by atoms with van der Waals surface area (Å²) in [7, 11) is 2.14. The van der Waals surface area contributed by atoms with E-state index in [0.717, 1.165) is 32.6 Å². The van der Waals surface area contributed by atoms with Gasteiger partial charge in [0.2, 0.25) is 0 Å². The van der Waals surface area contributed by atoms with Crippen LogP contribution < -0.4 is 5.73 Å². The third kappa shape index (κ3) is 6.71. The summed E-state index contributed by atoms with van der Waals surface area (Å²) in [6.45, 7) is 10.8. The monoisotopic (exact) mass is 387 g/mol. The van der Waals surface area contributed by atoms with Crippen LogP contribution in [0.5, 0.6) is 0 Å². The molecule has 0 saturated carbocycles. The van der Waals surface area contributed by atoms with Gasteiger partial charge in [0.1, 0.15) is 10.2 Å². The van der Waals surface area contributed by atoms with Gasteiger partial charge in [-0.2, -0.15) is 0 Å². The number of hydrogen-bond acceptors (Lipinski definition) is 5. The van der Waals surface area contributed by atoms with E-state index in [2.05, 4.69) is 50.8 Å². The Bertz CT molecular complexity index is 446. The van der Waals surface area contributed by atoms with Crippen LogP contribution >= 0.6 is 15.9 Å². The molecule has 1 heterocycles. The van der Waals surface area contributed by atoms with Crippen LogP contribution in [0.1, 0.15) is 27.2 Å². The van der Waals surface area contributed by atoms with Gasteiger partial charge in [-0.3, -0.25) is 15.3 Å². The van der Waals surface area contributed by atoms with Gasteiger partial charge in [0.25, 0.3) is 0 Å². The van der Waals surface area contributed by atoms with Crippen LogP contribution in [-0.4, -0.2) is 71.9 Å². The molecule has 1 rings (SSSR count). The van der Waals surface area contributed by atoms with Gasteiger partial charge >= 0.3 is 0 Å². The highest BCUT2D eigenvalue weighted by atomic mass is 79.9. The fourth-order valence-corrected chi connectivity index (χ4v) is 2.38. The zero-order valence-electron chi connectivity index (χ0n) is 14.7. The SMILES string of the molecule is CC/C=C\[C@@](C)(N=C(N)C(=N)Br)C(C)OCN1CCN(C)CC1. The molecule has 0 aromatic heterocycles. The minimum absolute atomic E-state index is 0.0971. The van der Waals surface area contributed by atoms with Crippen molar-refractivity contribution in [1.29, 1.82) is 5.41 Å². The molecule has 7 heteroatoms. The third-order valence-electron chi connectivity index (χ3n) is 4.20. The van der Waals surface area contributed by atoms with Crippen molar-refractivity contribution >= 4 is 26.4 Å². The van der Waals surface area contributed by atoms with Crippen molar-refractivity contribution in [3.63, 3.8) is 0 Å². The van der Waals surface area contributed by atoms with Crippen LogP contribution in [0.3, 0.4) is 0 Å². The molecule has 3 N–H and O–H groups in total. The highest BCUT2D eigenvalue weighted by Crippen LogP contribution is 2.22. The lowest BCUT2D eigenvalue weighted by Gasteiger charge is -2.35. The van der Waals surface area contributed by atoms with Crippen molar-refractivity contribution in [2.75, 3.05) is 40.0 Å². The van der Waals surface area contributed by atoms with Crippen LogP contribution in [0.15, 0.2) is 17.1 Å². The van der Waals surface area contributed by atoms with E-state index in [1.165, 1.54) is 0 Å². The molecule has 6 nitrogen and oxygen atoms in total. The Hall–Kier alpha value is -0.760. The van der Waals surface area contributed by atoms with Crippen LogP contribution in [0, 0.1) is 5.41 Å². The van der Waals surface area contributed by atoms with E-state index in [1.54, 1.807) is 0 Å². The molecule has 0 aromatic rings. The summed E-state index contributed by atoms with van der Waals surface area (Å²) in [5.74, 6) is 0.184. The maximum Gasteiger partial charge on any atom is 0.152 e. The quantitative estimate of drug-likeness (QED) is 0.379. The molecule has 1 aliphatic heterocycles. The number of nitrogens with one attached hydrogen (secondary N) is 1. The van der Waals surface area contributed by atoms with Gasteiger partial charge < -0.3 is 15.4 Å². The number of aliphatic imine (C=N–C) groups is 1.